The zero-order chi connectivity index (χ0) is 15.7. The molecule has 1 N–H and O–H groups in total. The molecule has 1 aromatic carbocycles. The number of hydrogen-bond donors (Lipinski definition) is 1. The van der Waals surface area contributed by atoms with Crippen LogP contribution >= 0.6 is 11.3 Å². The lowest BCUT2D eigenvalue weighted by Gasteiger charge is -2.31. The van der Waals surface area contributed by atoms with Crippen LogP contribution in [0.3, 0.4) is 0 Å². The highest BCUT2D eigenvalue weighted by Gasteiger charge is 2.24. The minimum atomic E-state index is 0.0300. The van der Waals surface area contributed by atoms with Crippen LogP contribution in [0.25, 0.3) is 11.3 Å². The molecule has 0 spiro atoms. The number of nitrogens with one attached hydrogen (secondary N) is 1. The van der Waals surface area contributed by atoms with Crippen molar-refractivity contribution in [1.29, 1.82) is 0 Å². The molecule has 0 bridgehead atoms. The van der Waals surface area contributed by atoms with E-state index >= 15 is 0 Å². The molecule has 0 unspecified atom stereocenters. The molecule has 1 aromatic heterocycles. The van der Waals surface area contributed by atoms with E-state index in [1.54, 1.807) is 11.3 Å². The van der Waals surface area contributed by atoms with Gasteiger partial charge in [0.2, 0.25) is 5.91 Å². The van der Waals surface area contributed by atoms with Crippen molar-refractivity contribution in [3.05, 3.63) is 29.1 Å². The standard InChI is InChI=1S/C17H21N3OS/c1-11(2)16(21)20-8-4-5-13-9-12(6-7-15(13)20)14-10-22-17(18-3)19-14/h6-7,9-11H,4-5,8H2,1-3H3,(H,18,19). The third-order valence-corrected chi connectivity index (χ3v) is 4.83. The minimum absolute atomic E-state index is 0.0300. The van der Waals surface area contributed by atoms with Crippen LogP contribution in [0.4, 0.5) is 10.8 Å². The van der Waals surface area contributed by atoms with E-state index in [1.165, 1.54) is 5.56 Å². The van der Waals surface area contributed by atoms with Crippen LogP contribution in [-0.4, -0.2) is 24.5 Å². The molecule has 2 heterocycles. The molecule has 2 aromatic rings. The number of rotatable bonds is 3. The number of benzene rings is 1. The number of amides is 1. The predicted molar refractivity (Wildman–Crippen MR) is 92.6 cm³/mol. The van der Waals surface area contributed by atoms with Crippen molar-refractivity contribution in [2.24, 2.45) is 5.92 Å². The lowest BCUT2D eigenvalue weighted by molar-refractivity contribution is -0.121. The summed E-state index contributed by atoms with van der Waals surface area (Å²) in [6.45, 7) is 4.74. The van der Waals surface area contributed by atoms with Crippen LogP contribution in [-0.2, 0) is 11.2 Å². The third kappa shape index (κ3) is 2.73. The number of hydrogen-bond acceptors (Lipinski definition) is 4. The summed E-state index contributed by atoms with van der Waals surface area (Å²) in [5, 5.41) is 6.05. The SMILES string of the molecule is CNc1nc(-c2ccc3c(c2)CCCN3C(=O)C(C)C)cs1. The maximum Gasteiger partial charge on any atom is 0.229 e. The van der Waals surface area contributed by atoms with Gasteiger partial charge in [0.1, 0.15) is 0 Å². The fourth-order valence-corrected chi connectivity index (χ4v) is 3.50. The summed E-state index contributed by atoms with van der Waals surface area (Å²) in [6, 6.07) is 6.32. The number of nitrogens with zero attached hydrogens (tertiary/aromatic N) is 2. The monoisotopic (exact) mass is 315 g/mol. The quantitative estimate of drug-likeness (QED) is 0.937. The highest BCUT2D eigenvalue weighted by Crippen LogP contribution is 2.33. The number of thiazole rings is 1. The average molecular weight is 315 g/mol. The maximum absolute atomic E-state index is 12.4. The van der Waals surface area contributed by atoms with Crippen LogP contribution in [0.1, 0.15) is 25.8 Å². The van der Waals surface area contributed by atoms with Crippen molar-refractivity contribution in [1.82, 2.24) is 4.98 Å². The summed E-state index contributed by atoms with van der Waals surface area (Å²) in [7, 11) is 1.88. The Bertz CT molecular complexity index is 693. The zero-order valence-electron chi connectivity index (χ0n) is 13.2. The summed E-state index contributed by atoms with van der Waals surface area (Å²) in [6.07, 6.45) is 2.04. The molecule has 1 aliphatic rings. The molecular weight excluding hydrogens is 294 g/mol. The predicted octanol–water partition coefficient (Wildman–Crippen LogP) is 3.79. The second-order valence-electron chi connectivity index (χ2n) is 5.88. The molecule has 0 aliphatic carbocycles. The molecule has 0 fully saturated rings. The van der Waals surface area contributed by atoms with E-state index in [-0.39, 0.29) is 11.8 Å². The highest BCUT2D eigenvalue weighted by molar-refractivity contribution is 7.14. The average Bonchev–Trinajstić information content (AvgIpc) is 3.02. The fourth-order valence-electron chi connectivity index (χ4n) is 2.82. The molecule has 3 rings (SSSR count). The van der Waals surface area contributed by atoms with Crippen LogP contribution in [0.5, 0.6) is 0 Å². The van der Waals surface area contributed by atoms with Crippen LogP contribution < -0.4 is 10.2 Å². The largest absolute Gasteiger partial charge is 0.365 e. The van der Waals surface area contributed by atoms with Crippen molar-refractivity contribution < 1.29 is 4.79 Å². The number of carbonyl (C=O) groups excluding carboxylic acids is 1. The lowest BCUT2D eigenvalue weighted by atomic mass is 9.97. The van der Waals surface area contributed by atoms with E-state index in [0.29, 0.717) is 0 Å². The van der Waals surface area contributed by atoms with Gasteiger partial charge >= 0.3 is 0 Å². The Morgan fingerprint density at radius 1 is 1.41 bits per heavy atom. The van der Waals surface area contributed by atoms with E-state index < -0.39 is 0 Å². The normalized spacial score (nSPS) is 14.1. The zero-order valence-corrected chi connectivity index (χ0v) is 14.0. The summed E-state index contributed by atoms with van der Waals surface area (Å²) in [5.41, 5.74) is 4.43. The summed E-state index contributed by atoms with van der Waals surface area (Å²) >= 11 is 1.60. The van der Waals surface area contributed by atoms with Gasteiger partial charge in [-0.3, -0.25) is 4.79 Å². The first kappa shape index (κ1) is 15.0. The van der Waals surface area contributed by atoms with Gasteiger partial charge in [-0.15, -0.1) is 11.3 Å². The fraction of sp³-hybridized carbons (Fsp3) is 0.412. The Labute approximate surface area is 135 Å². The molecule has 22 heavy (non-hydrogen) atoms. The molecule has 1 aliphatic heterocycles. The third-order valence-electron chi connectivity index (χ3n) is 3.97. The Hall–Kier alpha value is -1.88. The second kappa shape index (κ2) is 6.08. The Balaban J connectivity index is 1.95. The van der Waals surface area contributed by atoms with Gasteiger partial charge in [0, 0.05) is 36.1 Å². The molecule has 0 radical (unpaired) electrons. The van der Waals surface area contributed by atoms with Gasteiger partial charge < -0.3 is 10.2 Å². The molecule has 5 heteroatoms. The number of aromatic nitrogens is 1. The highest BCUT2D eigenvalue weighted by atomic mass is 32.1. The van der Waals surface area contributed by atoms with Gasteiger partial charge in [0.25, 0.3) is 0 Å². The number of carbonyl (C=O) groups is 1. The van der Waals surface area contributed by atoms with Gasteiger partial charge in [-0.2, -0.15) is 0 Å². The van der Waals surface area contributed by atoms with E-state index in [9.17, 15) is 4.79 Å². The first-order valence-electron chi connectivity index (χ1n) is 7.68. The summed E-state index contributed by atoms with van der Waals surface area (Å²) < 4.78 is 0. The maximum atomic E-state index is 12.4. The Kier molecular flexibility index (Phi) is 4.16. The van der Waals surface area contributed by atoms with Gasteiger partial charge in [-0.1, -0.05) is 19.9 Å². The first-order valence-corrected chi connectivity index (χ1v) is 8.56. The van der Waals surface area contributed by atoms with Crippen molar-refractivity contribution >= 4 is 28.1 Å². The van der Waals surface area contributed by atoms with Crippen molar-refractivity contribution in [3.8, 4) is 11.3 Å². The smallest absolute Gasteiger partial charge is 0.229 e. The number of aryl methyl sites for hydroxylation is 1. The first-order chi connectivity index (χ1) is 10.6. The van der Waals surface area contributed by atoms with E-state index in [2.05, 4.69) is 33.9 Å². The molecule has 0 saturated carbocycles. The number of anilines is 2. The minimum Gasteiger partial charge on any atom is -0.365 e. The van der Waals surface area contributed by atoms with Crippen molar-refractivity contribution in [2.75, 3.05) is 23.8 Å². The Morgan fingerprint density at radius 2 is 2.23 bits per heavy atom. The van der Waals surface area contributed by atoms with E-state index in [4.69, 9.17) is 0 Å². The topological polar surface area (TPSA) is 45.2 Å². The number of fused-ring (bicyclic) bond motifs is 1. The lowest BCUT2D eigenvalue weighted by Crippen LogP contribution is -2.38. The summed E-state index contributed by atoms with van der Waals surface area (Å²) in [4.78, 5) is 18.9. The second-order valence-corrected chi connectivity index (χ2v) is 6.74. The van der Waals surface area contributed by atoms with Gasteiger partial charge in [-0.25, -0.2) is 4.98 Å². The molecule has 0 saturated heterocycles. The van der Waals surface area contributed by atoms with Gasteiger partial charge in [0.05, 0.1) is 5.69 Å². The van der Waals surface area contributed by atoms with Gasteiger partial charge in [-0.05, 0) is 30.5 Å². The van der Waals surface area contributed by atoms with Crippen molar-refractivity contribution in [3.63, 3.8) is 0 Å². The molecule has 4 nitrogen and oxygen atoms in total. The molecule has 0 atom stereocenters. The van der Waals surface area contributed by atoms with Crippen LogP contribution in [0.15, 0.2) is 23.6 Å². The Morgan fingerprint density at radius 3 is 2.91 bits per heavy atom. The molecular formula is C17H21N3OS. The molecule has 1 amide bonds. The van der Waals surface area contributed by atoms with E-state index in [1.807, 2.05) is 25.8 Å². The van der Waals surface area contributed by atoms with Crippen LogP contribution in [0.2, 0.25) is 0 Å². The van der Waals surface area contributed by atoms with E-state index in [0.717, 1.165) is 41.5 Å². The van der Waals surface area contributed by atoms with Crippen molar-refractivity contribution in [2.45, 2.75) is 26.7 Å². The summed E-state index contributed by atoms with van der Waals surface area (Å²) in [5.74, 6) is 0.238. The molecule has 116 valence electrons. The van der Waals surface area contributed by atoms with Gasteiger partial charge in [0.15, 0.2) is 5.13 Å². The van der Waals surface area contributed by atoms with Crippen LogP contribution in [0, 0.1) is 5.92 Å².